The zero-order valence-electron chi connectivity index (χ0n) is 9.45. The number of nitrogens with zero attached hydrogens (tertiary/aromatic N) is 4. The third-order valence-corrected chi connectivity index (χ3v) is 2.01. The first kappa shape index (κ1) is 11.7. The van der Waals surface area contributed by atoms with E-state index in [1.165, 1.54) is 12.3 Å². The summed E-state index contributed by atoms with van der Waals surface area (Å²) in [6.45, 7) is 1.91. The largest absolute Gasteiger partial charge is 0.460 e. The van der Waals surface area contributed by atoms with Gasteiger partial charge in [0.2, 0.25) is 0 Å². The summed E-state index contributed by atoms with van der Waals surface area (Å²) >= 11 is 0. The molecular formula is C11H8N4O3. The van der Waals surface area contributed by atoms with Gasteiger partial charge >= 0.3 is 5.97 Å². The van der Waals surface area contributed by atoms with Crippen LogP contribution in [-0.4, -0.2) is 27.7 Å². The van der Waals surface area contributed by atoms with Gasteiger partial charge in [0.25, 0.3) is 11.7 Å². The summed E-state index contributed by atoms with van der Waals surface area (Å²) in [4.78, 5) is 19.0. The van der Waals surface area contributed by atoms with Gasteiger partial charge < -0.3 is 9.26 Å². The molecule has 0 aliphatic heterocycles. The Bertz CT molecular complexity index is 615. The highest BCUT2D eigenvalue weighted by atomic mass is 16.5. The normalized spacial score (nSPS) is 9.78. The van der Waals surface area contributed by atoms with E-state index >= 15 is 0 Å². The molecule has 0 amide bonds. The van der Waals surface area contributed by atoms with Crippen LogP contribution in [0.25, 0.3) is 11.5 Å². The van der Waals surface area contributed by atoms with Crippen LogP contribution < -0.4 is 0 Å². The minimum absolute atomic E-state index is 0.136. The Labute approximate surface area is 102 Å². The third kappa shape index (κ3) is 2.32. The fourth-order valence-corrected chi connectivity index (χ4v) is 1.24. The van der Waals surface area contributed by atoms with E-state index in [2.05, 4.69) is 15.1 Å². The van der Waals surface area contributed by atoms with Gasteiger partial charge in [-0.15, -0.1) is 0 Å². The van der Waals surface area contributed by atoms with Gasteiger partial charge in [0.15, 0.2) is 0 Å². The van der Waals surface area contributed by atoms with Crippen molar-refractivity contribution in [3.05, 3.63) is 29.8 Å². The summed E-state index contributed by atoms with van der Waals surface area (Å²) < 4.78 is 9.65. The molecule has 0 aliphatic rings. The highest BCUT2D eigenvalue weighted by Gasteiger charge is 2.16. The monoisotopic (exact) mass is 244 g/mol. The van der Waals surface area contributed by atoms with Crippen molar-refractivity contribution in [3.8, 4) is 17.5 Å². The molecule has 0 saturated heterocycles. The highest BCUT2D eigenvalue weighted by molar-refractivity contribution is 5.85. The Morgan fingerprint density at radius 2 is 2.44 bits per heavy atom. The van der Waals surface area contributed by atoms with Crippen LogP contribution >= 0.6 is 0 Å². The second kappa shape index (κ2) is 5.05. The Morgan fingerprint density at radius 3 is 3.17 bits per heavy atom. The standard InChI is InChI=1S/C11H8N4O3/c1-2-17-11(16)9-14-10(18-15-9)7-3-4-13-8(5-7)6-12/h3-5H,2H2,1H3. The number of hydrogen-bond donors (Lipinski definition) is 0. The summed E-state index contributed by atoms with van der Waals surface area (Å²) in [5.41, 5.74) is 0.744. The Morgan fingerprint density at radius 1 is 1.61 bits per heavy atom. The van der Waals surface area contributed by atoms with Crippen molar-refractivity contribution in [2.75, 3.05) is 6.61 Å². The van der Waals surface area contributed by atoms with Crippen molar-refractivity contribution in [3.63, 3.8) is 0 Å². The molecule has 0 aromatic carbocycles. The van der Waals surface area contributed by atoms with Gasteiger partial charge in [-0.25, -0.2) is 9.78 Å². The van der Waals surface area contributed by atoms with E-state index < -0.39 is 5.97 Å². The number of hydrogen-bond acceptors (Lipinski definition) is 7. The van der Waals surface area contributed by atoms with Crippen LogP contribution in [0.2, 0.25) is 0 Å². The van der Waals surface area contributed by atoms with Gasteiger partial charge in [-0.3, -0.25) is 0 Å². The molecule has 2 aromatic heterocycles. The van der Waals surface area contributed by atoms with E-state index in [0.717, 1.165) is 0 Å². The summed E-state index contributed by atoms with van der Waals surface area (Å²) in [5.74, 6) is -0.666. The van der Waals surface area contributed by atoms with Gasteiger partial charge in [-0.1, -0.05) is 0 Å². The lowest BCUT2D eigenvalue weighted by Crippen LogP contribution is -2.06. The quantitative estimate of drug-likeness (QED) is 0.747. The van der Waals surface area contributed by atoms with Gasteiger partial charge in [0.05, 0.1) is 6.61 Å². The molecule has 2 rings (SSSR count). The molecule has 2 heterocycles. The fraction of sp³-hybridized carbons (Fsp3) is 0.182. The van der Waals surface area contributed by atoms with E-state index in [4.69, 9.17) is 14.5 Å². The molecule has 0 saturated carbocycles. The molecule has 7 heteroatoms. The molecule has 0 fully saturated rings. The average Bonchev–Trinajstić information content (AvgIpc) is 2.89. The number of pyridine rings is 1. The predicted molar refractivity (Wildman–Crippen MR) is 58.2 cm³/mol. The minimum atomic E-state index is -0.651. The maximum absolute atomic E-state index is 11.3. The number of carbonyl (C=O) groups excluding carboxylic acids is 1. The van der Waals surface area contributed by atoms with Gasteiger partial charge in [-0.2, -0.15) is 10.2 Å². The molecular weight excluding hydrogens is 236 g/mol. The second-order valence-corrected chi connectivity index (χ2v) is 3.19. The maximum Gasteiger partial charge on any atom is 0.379 e. The van der Waals surface area contributed by atoms with Crippen molar-refractivity contribution in [2.24, 2.45) is 0 Å². The minimum Gasteiger partial charge on any atom is -0.460 e. The van der Waals surface area contributed by atoms with Crippen LogP contribution in [0.3, 0.4) is 0 Å². The summed E-state index contributed by atoms with van der Waals surface area (Å²) in [5, 5.41) is 12.2. The molecule has 0 bridgehead atoms. The summed E-state index contributed by atoms with van der Waals surface area (Å²) in [7, 11) is 0. The van der Waals surface area contributed by atoms with Crippen LogP contribution in [0.1, 0.15) is 23.2 Å². The third-order valence-electron chi connectivity index (χ3n) is 2.01. The van der Waals surface area contributed by atoms with Gasteiger partial charge in [0, 0.05) is 11.8 Å². The van der Waals surface area contributed by atoms with Gasteiger partial charge in [0.1, 0.15) is 11.8 Å². The SMILES string of the molecule is CCOC(=O)c1noc(-c2ccnc(C#N)c2)n1. The van der Waals surface area contributed by atoms with E-state index in [0.29, 0.717) is 5.56 Å². The van der Waals surface area contributed by atoms with Gasteiger partial charge in [-0.05, 0) is 24.2 Å². The molecule has 0 atom stereocenters. The lowest BCUT2D eigenvalue weighted by atomic mass is 10.2. The number of esters is 1. The Kier molecular flexibility index (Phi) is 3.29. The molecule has 90 valence electrons. The van der Waals surface area contributed by atoms with E-state index in [1.807, 2.05) is 6.07 Å². The molecule has 0 unspecified atom stereocenters. The number of rotatable bonds is 3. The lowest BCUT2D eigenvalue weighted by molar-refractivity contribution is 0.0508. The second-order valence-electron chi connectivity index (χ2n) is 3.19. The molecule has 2 aromatic rings. The molecule has 0 aliphatic carbocycles. The van der Waals surface area contributed by atoms with Crippen molar-refractivity contribution in [2.45, 2.75) is 6.92 Å². The fourth-order valence-electron chi connectivity index (χ4n) is 1.24. The first-order valence-corrected chi connectivity index (χ1v) is 5.12. The number of aromatic nitrogens is 3. The summed E-state index contributed by atoms with van der Waals surface area (Å²) in [6, 6.07) is 4.98. The zero-order chi connectivity index (χ0) is 13.0. The predicted octanol–water partition coefficient (Wildman–Crippen LogP) is 1.18. The summed E-state index contributed by atoms with van der Waals surface area (Å²) in [6.07, 6.45) is 1.45. The van der Waals surface area contributed by atoms with Crippen molar-refractivity contribution in [1.82, 2.24) is 15.1 Å². The lowest BCUT2D eigenvalue weighted by Gasteiger charge is -1.94. The zero-order valence-corrected chi connectivity index (χ0v) is 9.45. The van der Waals surface area contributed by atoms with Crippen LogP contribution in [0.4, 0.5) is 0 Å². The van der Waals surface area contributed by atoms with Crippen LogP contribution in [0.15, 0.2) is 22.9 Å². The number of ether oxygens (including phenoxy) is 1. The van der Waals surface area contributed by atoms with Crippen LogP contribution in [0, 0.1) is 11.3 Å². The smallest absolute Gasteiger partial charge is 0.379 e. The number of carbonyl (C=O) groups is 1. The molecule has 0 radical (unpaired) electrons. The highest BCUT2D eigenvalue weighted by Crippen LogP contribution is 2.17. The Hall–Kier alpha value is -2.75. The van der Waals surface area contributed by atoms with Crippen molar-refractivity contribution in [1.29, 1.82) is 5.26 Å². The first-order valence-electron chi connectivity index (χ1n) is 5.12. The maximum atomic E-state index is 11.3. The van der Waals surface area contributed by atoms with Crippen molar-refractivity contribution < 1.29 is 14.1 Å². The van der Waals surface area contributed by atoms with Crippen molar-refractivity contribution >= 4 is 5.97 Å². The van der Waals surface area contributed by atoms with E-state index in [1.54, 1.807) is 13.0 Å². The molecule has 18 heavy (non-hydrogen) atoms. The molecule has 0 spiro atoms. The average molecular weight is 244 g/mol. The first-order chi connectivity index (χ1) is 8.74. The number of nitriles is 1. The molecule has 7 nitrogen and oxygen atoms in total. The Balaban J connectivity index is 2.29. The van der Waals surface area contributed by atoms with E-state index in [-0.39, 0.29) is 24.0 Å². The molecule has 0 N–H and O–H groups in total. The van der Waals surface area contributed by atoms with Crippen LogP contribution in [-0.2, 0) is 4.74 Å². The van der Waals surface area contributed by atoms with E-state index in [9.17, 15) is 4.79 Å². The van der Waals surface area contributed by atoms with Crippen LogP contribution in [0.5, 0.6) is 0 Å². The topological polar surface area (TPSA) is 102 Å².